The average Bonchev–Trinajstić information content (AvgIpc) is 2.24. The second-order valence-electron chi connectivity index (χ2n) is 4.10. The molecule has 3 N–H and O–H groups in total. The standard InChI is InChI=1S/C12H26N2O/c1-3-5-7-9-12(15)14-11(10-13)8-6-4-2/h11H,3-10,13H2,1-2H3,(H,14,15). The summed E-state index contributed by atoms with van der Waals surface area (Å²) in [4.78, 5) is 11.5. The lowest BCUT2D eigenvalue weighted by Gasteiger charge is -2.16. The van der Waals surface area contributed by atoms with E-state index in [4.69, 9.17) is 5.73 Å². The van der Waals surface area contributed by atoms with Crippen molar-refractivity contribution in [2.75, 3.05) is 6.54 Å². The maximum atomic E-state index is 11.5. The molecule has 0 aromatic heterocycles. The minimum absolute atomic E-state index is 0.162. The number of nitrogens with two attached hydrogens (primary N) is 1. The van der Waals surface area contributed by atoms with Crippen LogP contribution in [-0.4, -0.2) is 18.5 Å². The number of unbranched alkanes of at least 4 members (excludes halogenated alkanes) is 3. The van der Waals surface area contributed by atoms with E-state index in [0.29, 0.717) is 13.0 Å². The van der Waals surface area contributed by atoms with E-state index in [-0.39, 0.29) is 11.9 Å². The van der Waals surface area contributed by atoms with Crippen LogP contribution in [0.15, 0.2) is 0 Å². The molecule has 0 spiro atoms. The van der Waals surface area contributed by atoms with Crippen LogP contribution in [0.2, 0.25) is 0 Å². The number of carbonyl (C=O) groups is 1. The smallest absolute Gasteiger partial charge is 0.220 e. The van der Waals surface area contributed by atoms with Crippen LogP contribution in [0.4, 0.5) is 0 Å². The van der Waals surface area contributed by atoms with Crippen LogP contribution < -0.4 is 11.1 Å². The largest absolute Gasteiger partial charge is 0.352 e. The molecule has 0 aliphatic heterocycles. The summed E-state index contributed by atoms with van der Waals surface area (Å²) in [6.07, 6.45) is 7.23. The lowest BCUT2D eigenvalue weighted by molar-refractivity contribution is -0.121. The second-order valence-corrected chi connectivity index (χ2v) is 4.10. The number of hydrogen-bond donors (Lipinski definition) is 2. The van der Waals surface area contributed by atoms with E-state index >= 15 is 0 Å². The van der Waals surface area contributed by atoms with Gasteiger partial charge in [0, 0.05) is 19.0 Å². The fraction of sp³-hybridized carbons (Fsp3) is 0.917. The van der Waals surface area contributed by atoms with Gasteiger partial charge in [0.15, 0.2) is 0 Å². The van der Waals surface area contributed by atoms with Gasteiger partial charge in [0.05, 0.1) is 0 Å². The summed E-state index contributed by atoms with van der Waals surface area (Å²) in [6, 6.07) is 0.180. The van der Waals surface area contributed by atoms with Gasteiger partial charge in [0.2, 0.25) is 5.91 Å². The quantitative estimate of drug-likeness (QED) is 0.578. The van der Waals surface area contributed by atoms with Gasteiger partial charge in [-0.1, -0.05) is 39.5 Å². The van der Waals surface area contributed by atoms with Crippen LogP contribution in [0.3, 0.4) is 0 Å². The molecule has 1 unspecified atom stereocenters. The fourth-order valence-electron chi connectivity index (χ4n) is 1.53. The molecule has 0 aromatic rings. The third-order valence-corrected chi connectivity index (χ3v) is 2.56. The Morgan fingerprint density at radius 2 is 1.87 bits per heavy atom. The highest BCUT2D eigenvalue weighted by Crippen LogP contribution is 2.02. The Hall–Kier alpha value is -0.570. The summed E-state index contributed by atoms with van der Waals surface area (Å²) < 4.78 is 0. The van der Waals surface area contributed by atoms with Gasteiger partial charge in [-0.15, -0.1) is 0 Å². The molecule has 0 saturated heterocycles. The molecule has 3 nitrogen and oxygen atoms in total. The van der Waals surface area contributed by atoms with E-state index in [2.05, 4.69) is 19.2 Å². The van der Waals surface area contributed by atoms with E-state index < -0.39 is 0 Å². The van der Waals surface area contributed by atoms with Crippen LogP contribution in [0.25, 0.3) is 0 Å². The number of hydrogen-bond acceptors (Lipinski definition) is 2. The first-order chi connectivity index (χ1) is 7.24. The zero-order chi connectivity index (χ0) is 11.5. The van der Waals surface area contributed by atoms with Gasteiger partial charge < -0.3 is 11.1 Å². The SMILES string of the molecule is CCCCCC(=O)NC(CN)CCCC. The average molecular weight is 214 g/mol. The van der Waals surface area contributed by atoms with Crippen molar-refractivity contribution < 1.29 is 4.79 Å². The van der Waals surface area contributed by atoms with Gasteiger partial charge in [0.25, 0.3) is 0 Å². The Kier molecular flexibility index (Phi) is 9.59. The number of amides is 1. The van der Waals surface area contributed by atoms with Crippen molar-refractivity contribution in [2.45, 2.75) is 64.8 Å². The minimum atomic E-state index is 0.162. The van der Waals surface area contributed by atoms with Crippen molar-refractivity contribution in [3.05, 3.63) is 0 Å². The first kappa shape index (κ1) is 14.4. The Labute approximate surface area is 93.8 Å². The molecule has 0 aliphatic carbocycles. The molecule has 1 amide bonds. The molecule has 0 aromatic carbocycles. The van der Waals surface area contributed by atoms with Crippen molar-refractivity contribution in [2.24, 2.45) is 5.73 Å². The summed E-state index contributed by atoms with van der Waals surface area (Å²) >= 11 is 0. The van der Waals surface area contributed by atoms with Gasteiger partial charge >= 0.3 is 0 Å². The molecule has 0 aliphatic rings. The zero-order valence-electron chi connectivity index (χ0n) is 10.2. The van der Waals surface area contributed by atoms with E-state index in [9.17, 15) is 4.79 Å². The monoisotopic (exact) mass is 214 g/mol. The summed E-state index contributed by atoms with van der Waals surface area (Å²) in [7, 11) is 0. The number of rotatable bonds is 9. The summed E-state index contributed by atoms with van der Waals surface area (Å²) in [5.41, 5.74) is 5.60. The molecule has 0 rings (SSSR count). The van der Waals surface area contributed by atoms with Gasteiger partial charge in [0.1, 0.15) is 0 Å². The van der Waals surface area contributed by atoms with Gasteiger partial charge in [-0.05, 0) is 12.8 Å². The Bertz CT molecular complexity index is 160. The molecule has 0 heterocycles. The second kappa shape index (κ2) is 9.97. The highest BCUT2D eigenvalue weighted by molar-refractivity contribution is 5.76. The maximum absolute atomic E-state index is 11.5. The third-order valence-electron chi connectivity index (χ3n) is 2.56. The van der Waals surface area contributed by atoms with Crippen molar-refractivity contribution in [1.29, 1.82) is 0 Å². The van der Waals surface area contributed by atoms with Crippen molar-refractivity contribution in [3.63, 3.8) is 0 Å². The molecule has 0 fully saturated rings. The Morgan fingerprint density at radius 3 is 2.40 bits per heavy atom. The number of carbonyl (C=O) groups excluding carboxylic acids is 1. The molecular formula is C12H26N2O. The molecule has 90 valence electrons. The lowest BCUT2D eigenvalue weighted by Crippen LogP contribution is -2.40. The molecule has 0 bridgehead atoms. The van der Waals surface area contributed by atoms with Crippen LogP contribution >= 0.6 is 0 Å². The van der Waals surface area contributed by atoms with Gasteiger partial charge in [-0.25, -0.2) is 0 Å². The van der Waals surface area contributed by atoms with E-state index in [1.165, 1.54) is 0 Å². The topological polar surface area (TPSA) is 55.1 Å². The Balaban J connectivity index is 3.60. The molecular weight excluding hydrogens is 188 g/mol. The molecule has 1 atom stereocenters. The highest BCUT2D eigenvalue weighted by atomic mass is 16.1. The molecule has 0 radical (unpaired) electrons. The van der Waals surface area contributed by atoms with Crippen molar-refractivity contribution >= 4 is 5.91 Å². The van der Waals surface area contributed by atoms with Crippen LogP contribution in [0, 0.1) is 0 Å². The molecule has 3 heteroatoms. The van der Waals surface area contributed by atoms with E-state index in [1.807, 2.05) is 0 Å². The molecule has 0 saturated carbocycles. The highest BCUT2D eigenvalue weighted by Gasteiger charge is 2.09. The maximum Gasteiger partial charge on any atom is 0.220 e. The van der Waals surface area contributed by atoms with Gasteiger partial charge in [-0.3, -0.25) is 4.79 Å². The van der Waals surface area contributed by atoms with Crippen LogP contribution in [0.5, 0.6) is 0 Å². The predicted molar refractivity (Wildman–Crippen MR) is 64.7 cm³/mol. The van der Waals surface area contributed by atoms with E-state index in [0.717, 1.165) is 38.5 Å². The van der Waals surface area contributed by atoms with Crippen LogP contribution in [-0.2, 0) is 4.79 Å². The molecule has 15 heavy (non-hydrogen) atoms. The fourth-order valence-corrected chi connectivity index (χ4v) is 1.53. The predicted octanol–water partition coefficient (Wildman–Crippen LogP) is 2.20. The first-order valence-corrected chi connectivity index (χ1v) is 6.24. The minimum Gasteiger partial charge on any atom is -0.352 e. The Morgan fingerprint density at radius 1 is 1.20 bits per heavy atom. The summed E-state index contributed by atoms with van der Waals surface area (Å²) in [5, 5.41) is 3.00. The summed E-state index contributed by atoms with van der Waals surface area (Å²) in [6.45, 7) is 4.85. The first-order valence-electron chi connectivity index (χ1n) is 6.24. The summed E-state index contributed by atoms with van der Waals surface area (Å²) in [5.74, 6) is 0.162. The van der Waals surface area contributed by atoms with Crippen molar-refractivity contribution in [1.82, 2.24) is 5.32 Å². The van der Waals surface area contributed by atoms with Crippen LogP contribution in [0.1, 0.15) is 58.8 Å². The number of nitrogens with one attached hydrogen (secondary N) is 1. The third kappa shape index (κ3) is 8.43. The lowest BCUT2D eigenvalue weighted by atomic mass is 10.1. The van der Waals surface area contributed by atoms with Crippen molar-refractivity contribution in [3.8, 4) is 0 Å². The van der Waals surface area contributed by atoms with Gasteiger partial charge in [-0.2, -0.15) is 0 Å². The zero-order valence-corrected chi connectivity index (χ0v) is 10.2. The normalized spacial score (nSPS) is 12.5. The van der Waals surface area contributed by atoms with E-state index in [1.54, 1.807) is 0 Å².